The van der Waals surface area contributed by atoms with Crippen LogP contribution in [0.15, 0.2) is 30.3 Å². The molecule has 2 aliphatic heterocycles. The Balaban J connectivity index is 1.78. The summed E-state index contributed by atoms with van der Waals surface area (Å²) in [5.74, 6) is 0.497. The van der Waals surface area contributed by atoms with Gasteiger partial charge in [-0.2, -0.15) is 0 Å². The van der Waals surface area contributed by atoms with Crippen LogP contribution in [0.2, 0.25) is 0 Å². The van der Waals surface area contributed by atoms with E-state index in [2.05, 4.69) is 0 Å². The number of rotatable bonds is 5. The first-order valence-electron chi connectivity index (χ1n) is 10.7. The van der Waals surface area contributed by atoms with E-state index in [1.165, 1.54) is 16.7 Å². The number of amides is 3. The number of piperidine rings is 1. The standard InChI is InChI=1S/C22H28ClN3O5S2/c1-22(2,3)31-20(29)25-13-16(9-10-17(25)18(27)24-11-12-33-21(24)32)26(19(23)28)30-14-15-7-5-4-6-8-15/h4-8,16-17H,9-14H2,1-3H3/t16-,17+/m1/s1. The number of hydrogen-bond acceptors (Lipinski definition) is 7. The fourth-order valence-electron chi connectivity index (χ4n) is 3.71. The van der Waals surface area contributed by atoms with Crippen LogP contribution in [-0.2, 0) is 21.0 Å². The molecule has 1 aromatic rings. The second-order valence-electron chi connectivity index (χ2n) is 8.82. The topological polar surface area (TPSA) is 79.4 Å². The number of nitrogens with zero attached hydrogens (tertiary/aromatic N) is 3. The number of thioether (sulfide) groups is 1. The monoisotopic (exact) mass is 513 g/mol. The number of carbonyl (C=O) groups is 3. The highest BCUT2D eigenvalue weighted by atomic mass is 35.5. The van der Waals surface area contributed by atoms with Crippen LogP contribution in [0.5, 0.6) is 0 Å². The van der Waals surface area contributed by atoms with Crippen molar-refractivity contribution in [2.45, 2.75) is 57.9 Å². The number of ether oxygens (including phenoxy) is 1. The Morgan fingerprint density at radius 3 is 2.48 bits per heavy atom. The van der Waals surface area contributed by atoms with Crippen molar-refractivity contribution in [2.75, 3.05) is 18.8 Å². The third-order valence-corrected chi connectivity index (χ3v) is 6.81. The van der Waals surface area contributed by atoms with Gasteiger partial charge in [0, 0.05) is 18.8 Å². The second-order valence-corrected chi connectivity index (χ2v) is 10.9. The van der Waals surface area contributed by atoms with Gasteiger partial charge in [0.2, 0.25) is 0 Å². The highest BCUT2D eigenvalue weighted by Crippen LogP contribution is 2.28. The zero-order chi connectivity index (χ0) is 24.2. The molecule has 2 fully saturated rings. The molecule has 11 heteroatoms. The average Bonchev–Trinajstić information content (AvgIpc) is 3.18. The number of likely N-dealkylation sites (tertiary alicyclic amines) is 1. The Kier molecular flexibility index (Phi) is 8.60. The van der Waals surface area contributed by atoms with Crippen LogP contribution in [0.3, 0.4) is 0 Å². The van der Waals surface area contributed by atoms with Gasteiger partial charge in [0.05, 0.1) is 6.04 Å². The van der Waals surface area contributed by atoms with Gasteiger partial charge in [-0.3, -0.25) is 24.2 Å². The molecule has 0 unspecified atom stereocenters. The van der Waals surface area contributed by atoms with E-state index >= 15 is 0 Å². The van der Waals surface area contributed by atoms with Crippen molar-refractivity contribution in [3.63, 3.8) is 0 Å². The van der Waals surface area contributed by atoms with E-state index in [0.717, 1.165) is 16.4 Å². The van der Waals surface area contributed by atoms with Crippen molar-refractivity contribution in [3.05, 3.63) is 35.9 Å². The third-order valence-electron chi connectivity index (χ3n) is 5.21. The molecule has 3 amide bonds. The van der Waals surface area contributed by atoms with Crippen LogP contribution < -0.4 is 0 Å². The van der Waals surface area contributed by atoms with E-state index in [4.69, 9.17) is 33.4 Å². The molecule has 0 spiro atoms. The Morgan fingerprint density at radius 2 is 1.91 bits per heavy atom. The van der Waals surface area contributed by atoms with Crippen molar-refractivity contribution in [1.29, 1.82) is 0 Å². The van der Waals surface area contributed by atoms with Gasteiger partial charge < -0.3 is 4.74 Å². The summed E-state index contributed by atoms with van der Waals surface area (Å²) in [5.41, 5.74) is 0.121. The van der Waals surface area contributed by atoms with E-state index < -0.39 is 29.1 Å². The summed E-state index contributed by atoms with van der Waals surface area (Å²) in [4.78, 5) is 47.1. The van der Waals surface area contributed by atoms with Crippen molar-refractivity contribution in [1.82, 2.24) is 14.9 Å². The van der Waals surface area contributed by atoms with Gasteiger partial charge in [0.25, 0.3) is 5.91 Å². The Bertz CT molecular complexity index is 896. The molecule has 0 aliphatic carbocycles. The first-order valence-corrected chi connectivity index (χ1v) is 12.5. The van der Waals surface area contributed by atoms with Crippen LogP contribution in [0.1, 0.15) is 39.2 Å². The average molecular weight is 514 g/mol. The normalized spacial score (nSPS) is 21.2. The summed E-state index contributed by atoms with van der Waals surface area (Å²) >= 11 is 12.6. The van der Waals surface area contributed by atoms with Crippen LogP contribution in [0.25, 0.3) is 0 Å². The predicted molar refractivity (Wildman–Crippen MR) is 131 cm³/mol. The van der Waals surface area contributed by atoms with Gasteiger partial charge in [-0.15, -0.1) is 0 Å². The number of halogens is 1. The van der Waals surface area contributed by atoms with E-state index in [1.54, 1.807) is 25.7 Å². The van der Waals surface area contributed by atoms with Gasteiger partial charge in [0.1, 0.15) is 22.6 Å². The maximum Gasteiger partial charge on any atom is 0.411 e. The number of benzene rings is 1. The predicted octanol–water partition coefficient (Wildman–Crippen LogP) is 4.41. The quantitative estimate of drug-likeness (QED) is 0.250. The van der Waals surface area contributed by atoms with E-state index in [-0.39, 0.29) is 19.1 Å². The summed E-state index contributed by atoms with van der Waals surface area (Å²) < 4.78 is 6.08. The molecule has 2 saturated heterocycles. The minimum absolute atomic E-state index is 0.0479. The number of carbonyl (C=O) groups excluding carboxylic acids is 3. The van der Waals surface area contributed by atoms with E-state index in [9.17, 15) is 14.4 Å². The summed E-state index contributed by atoms with van der Waals surface area (Å²) in [7, 11) is 0. The molecule has 8 nitrogen and oxygen atoms in total. The number of hydrogen-bond donors (Lipinski definition) is 0. The lowest BCUT2D eigenvalue weighted by Crippen LogP contribution is -2.59. The van der Waals surface area contributed by atoms with Gasteiger partial charge in [0.15, 0.2) is 0 Å². The summed E-state index contributed by atoms with van der Waals surface area (Å²) in [6.07, 6.45) is 0.117. The molecule has 2 aliphatic rings. The molecular weight excluding hydrogens is 486 g/mol. The molecule has 180 valence electrons. The SMILES string of the molecule is CC(C)(C)OC(=O)N1C[C@H](N(OCc2ccccc2)C(=O)Cl)CC[C@H]1C(=O)N1CCSC1=S. The van der Waals surface area contributed by atoms with Crippen molar-refractivity contribution >= 4 is 57.3 Å². The molecule has 0 radical (unpaired) electrons. The van der Waals surface area contributed by atoms with Gasteiger partial charge in [-0.25, -0.2) is 9.86 Å². The highest BCUT2D eigenvalue weighted by Gasteiger charge is 2.43. The Labute approximate surface area is 208 Å². The van der Waals surface area contributed by atoms with E-state index in [0.29, 0.717) is 23.7 Å². The first-order chi connectivity index (χ1) is 15.6. The highest BCUT2D eigenvalue weighted by molar-refractivity contribution is 8.23. The zero-order valence-electron chi connectivity index (χ0n) is 18.9. The molecule has 33 heavy (non-hydrogen) atoms. The lowest BCUT2D eigenvalue weighted by atomic mass is 9.97. The van der Waals surface area contributed by atoms with Gasteiger partial charge in [-0.1, -0.05) is 54.3 Å². The number of hydroxylamine groups is 2. The summed E-state index contributed by atoms with van der Waals surface area (Å²) in [5, 5.41) is 0.296. The molecule has 0 aromatic heterocycles. The largest absolute Gasteiger partial charge is 0.444 e. The molecule has 0 N–H and O–H groups in total. The van der Waals surface area contributed by atoms with Crippen LogP contribution in [0.4, 0.5) is 9.59 Å². The van der Waals surface area contributed by atoms with Crippen LogP contribution in [-0.4, -0.2) is 73.1 Å². The molecule has 3 rings (SSSR count). The second kappa shape index (κ2) is 11.0. The smallest absolute Gasteiger partial charge is 0.411 e. The maximum atomic E-state index is 13.3. The molecule has 2 heterocycles. The van der Waals surface area contributed by atoms with Crippen LogP contribution in [0, 0.1) is 0 Å². The van der Waals surface area contributed by atoms with Crippen LogP contribution >= 0.6 is 35.6 Å². The maximum absolute atomic E-state index is 13.3. The number of thiocarbonyl (C=S) groups is 1. The Hall–Kier alpha value is -1.88. The zero-order valence-corrected chi connectivity index (χ0v) is 21.3. The van der Waals surface area contributed by atoms with Gasteiger partial charge >= 0.3 is 11.5 Å². The van der Waals surface area contributed by atoms with Crippen molar-refractivity contribution < 1.29 is 24.0 Å². The lowest BCUT2D eigenvalue weighted by molar-refractivity contribution is -0.163. The fourth-order valence-corrected chi connectivity index (χ4v) is 5.12. The van der Waals surface area contributed by atoms with Crippen molar-refractivity contribution in [3.8, 4) is 0 Å². The minimum Gasteiger partial charge on any atom is -0.444 e. The molecule has 0 saturated carbocycles. The Morgan fingerprint density at radius 1 is 1.21 bits per heavy atom. The van der Waals surface area contributed by atoms with Crippen molar-refractivity contribution in [2.24, 2.45) is 0 Å². The molecule has 0 bridgehead atoms. The minimum atomic E-state index is -0.790. The molecular formula is C22H28ClN3O5S2. The molecule has 1 aromatic carbocycles. The lowest BCUT2D eigenvalue weighted by Gasteiger charge is -2.42. The van der Waals surface area contributed by atoms with E-state index in [1.807, 2.05) is 30.3 Å². The van der Waals surface area contributed by atoms with Gasteiger partial charge in [-0.05, 0) is 50.8 Å². The molecule has 2 atom stereocenters. The first kappa shape index (κ1) is 25.7. The fraction of sp³-hybridized carbons (Fsp3) is 0.545. The summed E-state index contributed by atoms with van der Waals surface area (Å²) in [6.45, 7) is 5.97. The summed E-state index contributed by atoms with van der Waals surface area (Å²) in [6, 6.07) is 8.09. The third kappa shape index (κ3) is 6.81.